The Kier molecular flexibility index (Phi) is 10.1. The van der Waals surface area contributed by atoms with E-state index in [-0.39, 0.29) is 12.0 Å². The molecule has 192 valence electrons. The van der Waals surface area contributed by atoms with Crippen LogP contribution in [0.3, 0.4) is 0 Å². The first-order chi connectivity index (χ1) is 16.3. The van der Waals surface area contributed by atoms with E-state index in [4.69, 9.17) is 14.6 Å². The van der Waals surface area contributed by atoms with Gasteiger partial charge in [0.25, 0.3) is 5.91 Å². The molecule has 1 aliphatic rings. The molecule has 1 aliphatic heterocycles. The van der Waals surface area contributed by atoms with Crippen molar-refractivity contribution in [3.05, 3.63) is 59.2 Å². The summed E-state index contributed by atoms with van der Waals surface area (Å²) in [5.41, 5.74) is 3.65. The monoisotopic (exact) mass is 494 g/mol. The van der Waals surface area contributed by atoms with Crippen LogP contribution >= 0.6 is 0 Å². The van der Waals surface area contributed by atoms with Gasteiger partial charge in [0.2, 0.25) is 0 Å². The zero-order valence-electron chi connectivity index (χ0n) is 20.5. The first-order valence-electron chi connectivity index (χ1n) is 11.5. The van der Waals surface area contributed by atoms with Crippen LogP contribution in [0.1, 0.15) is 48.2 Å². The fraction of sp³-hybridized carbons (Fsp3) is 0.462. The Hall–Kier alpha value is -3.07. The summed E-state index contributed by atoms with van der Waals surface area (Å²) in [6.07, 6.45) is -2.59. The molecule has 2 aromatic rings. The predicted molar refractivity (Wildman–Crippen MR) is 129 cm³/mol. The molecular weight excluding hydrogens is 461 g/mol. The Labute approximate surface area is 204 Å². The maximum atomic E-state index is 12.5. The largest absolute Gasteiger partial charge is 0.490 e. The lowest BCUT2D eigenvalue weighted by Crippen LogP contribution is -2.26. The number of nitrogens with one attached hydrogen (secondary N) is 1. The van der Waals surface area contributed by atoms with Crippen LogP contribution in [-0.4, -0.2) is 53.8 Å². The van der Waals surface area contributed by atoms with Gasteiger partial charge in [-0.15, -0.1) is 0 Å². The first kappa shape index (κ1) is 28.2. The van der Waals surface area contributed by atoms with Crippen molar-refractivity contribution < 1.29 is 32.6 Å². The summed E-state index contributed by atoms with van der Waals surface area (Å²) >= 11 is 0. The molecule has 1 fully saturated rings. The van der Waals surface area contributed by atoms with Crippen LogP contribution in [0.15, 0.2) is 42.5 Å². The molecule has 1 unspecified atom stereocenters. The van der Waals surface area contributed by atoms with Crippen molar-refractivity contribution in [1.29, 1.82) is 0 Å². The van der Waals surface area contributed by atoms with Crippen molar-refractivity contribution in [1.82, 2.24) is 4.90 Å². The fourth-order valence-corrected chi connectivity index (χ4v) is 3.43. The number of rotatable bonds is 7. The number of hydrogen-bond acceptors (Lipinski definition) is 4. The molecule has 0 bridgehead atoms. The molecule has 1 amide bonds. The summed E-state index contributed by atoms with van der Waals surface area (Å²) in [5.74, 6) is -1.27. The number of aryl methyl sites for hydroxylation is 2. The zero-order valence-corrected chi connectivity index (χ0v) is 20.5. The fourth-order valence-electron chi connectivity index (χ4n) is 3.43. The lowest BCUT2D eigenvalue weighted by atomic mass is 10.1. The van der Waals surface area contributed by atoms with E-state index in [0.717, 1.165) is 54.5 Å². The number of alkyl halides is 3. The van der Waals surface area contributed by atoms with Gasteiger partial charge >= 0.3 is 12.1 Å². The van der Waals surface area contributed by atoms with Gasteiger partial charge in [0.1, 0.15) is 11.9 Å². The molecule has 1 heterocycles. The molecule has 1 saturated heterocycles. The normalized spacial score (nSPS) is 15.9. The quantitative estimate of drug-likeness (QED) is 0.517. The highest BCUT2D eigenvalue weighted by atomic mass is 19.4. The standard InChI is InChI=1S/C24H32N2O2.C2HF3O2/c1-17(2)11-13-26-14-12-22(16-26)28-23-15-21(10-7-19(23)4)25-24(27)20-8-5-18(3)6-9-20;3-2(4,5)1(6)7/h5-10,15,17,22H,11-14,16H2,1-4H3,(H,25,27);(H,6,7). The first-order valence-corrected chi connectivity index (χ1v) is 11.5. The second-order valence-corrected chi connectivity index (χ2v) is 9.12. The summed E-state index contributed by atoms with van der Waals surface area (Å²) in [4.78, 5) is 23.9. The van der Waals surface area contributed by atoms with Gasteiger partial charge in [0.05, 0.1) is 0 Å². The molecule has 0 spiro atoms. The molecule has 0 aromatic heterocycles. The minimum atomic E-state index is -5.08. The topological polar surface area (TPSA) is 78.9 Å². The third kappa shape index (κ3) is 9.60. The van der Waals surface area contributed by atoms with Crippen molar-refractivity contribution in [2.75, 3.05) is 25.0 Å². The van der Waals surface area contributed by atoms with Gasteiger partial charge in [-0.05, 0) is 62.9 Å². The van der Waals surface area contributed by atoms with Gasteiger partial charge in [0, 0.05) is 30.4 Å². The maximum absolute atomic E-state index is 12.5. The number of halogens is 3. The van der Waals surface area contributed by atoms with Gasteiger partial charge in [-0.2, -0.15) is 13.2 Å². The number of anilines is 1. The third-order valence-electron chi connectivity index (χ3n) is 5.55. The summed E-state index contributed by atoms with van der Waals surface area (Å²) in [7, 11) is 0. The van der Waals surface area contributed by atoms with Crippen molar-refractivity contribution in [2.45, 2.75) is 52.8 Å². The summed E-state index contributed by atoms with van der Waals surface area (Å²) in [6.45, 7) is 11.8. The van der Waals surface area contributed by atoms with Crippen molar-refractivity contribution in [3.63, 3.8) is 0 Å². The smallest absolute Gasteiger partial charge is 0.489 e. The minimum Gasteiger partial charge on any atom is -0.489 e. The van der Waals surface area contributed by atoms with Crippen LogP contribution in [0.2, 0.25) is 0 Å². The summed E-state index contributed by atoms with van der Waals surface area (Å²) < 4.78 is 38.0. The van der Waals surface area contributed by atoms with Gasteiger partial charge in [-0.25, -0.2) is 4.79 Å². The number of carbonyl (C=O) groups excluding carboxylic acids is 1. The Balaban J connectivity index is 0.000000540. The van der Waals surface area contributed by atoms with E-state index in [1.54, 1.807) is 0 Å². The third-order valence-corrected chi connectivity index (χ3v) is 5.55. The van der Waals surface area contributed by atoms with E-state index in [2.05, 4.69) is 24.1 Å². The van der Waals surface area contributed by atoms with Gasteiger partial charge in [-0.3, -0.25) is 9.69 Å². The molecule has 0 saturated carbocycles. The Morgan fingerprint density at radius 2 is 1.77 bits per heavy atom. The van der Waals surface area contributed by atoms with Crippen molar-refractivity contribution in [3.8, 4) is 5.75 Å². The maximum Gasteiger partial charge on any atom is 0.490 e. The molecule has 0 radical (unpaired) electrons. The molecule has 1 atom stereocenters. The molecule has 2 N–H and O–H groups in total. The van der Waals surface area contributed by atoms with Gasteiger partial charge in [-0.1, -0.05) is 37.6 Å². The lowest BCUT2D eigenvalue weighted by molar-refractivity contribution is -0.192. The second kappa shape index (κ2) is 12.6. The van der Waals surface area contributed by atoms with Crippen LogP contribution in [0, 0.1) is 19.8 Å². The van der Waals surface area contributed by atoms with E-state index in [1.165, 1.54) is 6.42 Å². The molecular formula is C26H33F3N2O4. The summed E-state index contributed by atoms with van der Waals surface area (Å²) in [5, 5.41) is 10.1. The Morgan fingerprint density at radius 3 is 2.34 bits per heavy atom. The van der Waals surface area contributed by atoms with Crippen LogP contribution in [0.4, 0.5) is 18.9 Å². The van der Waals surface area contributed by atoms with E-state index < -0.39 is 12.1 Å². The minimum absolute atomic E-state index is 0.101. The summed E-state index contributed by atoms with van der Waals surface area (Å²) in [6, 6.07) is 13.5. The predicted octanol–water partition coefficient (Wildman–Crippen LogP) is 5.69. The van der Waals surface area contributed by atoms with Crippen LogP contribution < -0.4 is 10.1 Å². The second-order valence-electron chi connectivity index (χ2n) is 9.12. The average molecular weight is 495 g/mol. The molecule has 0 aliphatic carbocycles. The number of carboxylic acid groups (broad SMARTS) is 1. The lowest BCUT2D eigenvalue weighted by Gasteiger charge is -2.19. The molecule has 2 aromatic carbocycles. The highest BCUT2D eigenvalue weighted by molar-refractivity contribution is 6.04. The van der Waals surface area contributed by atoms with E-state index in [9.17, 15) is 18.0 Å². The number of amides is 1. The zero-order chi connectivity index (χ0) is 26.2. The van der Waals surface area contributed by atoms with E-state index >= 15 is 0 Å². The number of benzene rings is 2. The Bertz CT molecular complexity index is 991. The number of carbonyl (C=O) groups is 2. The molecule has 6 nitrogen and oxygen atoms in total. The average Bonchev–Trinajstić information content (AvgIpc) is 3.22. The van der Waals surface area contributed by atoms with E-state index in [1.807, 2.05) is 56.3 Å². The van der Waals surface area contributed by atoms with Gasteiger partial charge < -0.3 is 15.2 Å². The number of hydrogen-bond donors (Lipinski definition) is 2. The molecule has 35 heavy (non-hydrogen) atoms. The highest BCUT2D eigenvalue weighted by Crippen LogP contribution is 2.26. The van der Waals surface area contributed by atoms with Crippen molar-refractivity contribution in [2.24, 2.45) is 5.92 Å². The molecule has 9 heteroatoms. The van der Waals surface area contributed by atoms with Crippen LogP contribution in [-0.2, 0) is 4.79 Å². The number of ether oxygens (including phenoxy) is 1. The number of carboxylic acids is 1. The Morgan fingerprint density at radius 1 is 1.14 bits per heavy atom. The van der Waals surface area contributed by atoms with Crippen molar-refractivity contribution >= 4 is 17.6 Å². The molecule has 3 rings (SSSR count). The van der Waals surface area contributed by atoms with Crippen LogP contribution in [0.25, 0.3) is 0 Å². The highest BCUT2D eigenvalue weighted by Gasteiger charge is 2.38. The number of likely N-dealkylation sites (tertiary alicyclic amines) is 1. The van der Waals surface area contributed by atoms with Gasteiger partial charge in [0.15, 0.2) is 0 Å². The van der Waals surface area contributed by atoms with Crippen LogP contribution in [0.5, 0.6) is 5.75 Å². The van der Waals surface area contributed by atoms with E-state index in [0.29, 0.717) is 5.56 Å². The number of aliphatic carboxylic acids is 1. The SMILES string of the molecule is Cc1ccc(C(=O)Nc2ccc(C)c(OC3CCN(CCC(C)C)C3)c2)cc1.O=C(O)C(F)(F)F. The number of nitrogens with zero attached hydrogens (tertiary/aromatic N) is 1.